The Morgan fingerprint density at radius 3 is 2.10 bits per heavy atom. The fourth-order valence-electron chi connectivity index (χ4n) is 4.88. The highest BCUT2D eigenvalue weighted by Gasteiger charge is 2.37. The quantitative estimate of drug-likeness (QED) is 0.673. The molecule has 164 valence electrons. The van der Waals surface area contributed by atoms with Gasteiger partial charge in [-0.1, -0.05) is 11.6 Å². The summed E-state index contributed by atoms with van der Waals surface area (Å²) in [4.78, 5) is 21.8. The highest BCUT2D eigenvalue weighted by molar-refractivity contribution is 6.32. The van der Waals surface area contributed by atoms with Crippen LogP contribution in [0.3, 0.4) is 0 Å². The molecule has 9 nitrogen and oxygen atoms in total. The SMILES string of the molecule is NN1c2nc(N3CCCCC3)c(Cl)nc2C(N2CCCCC2)=NC1N1CCNCC1. The minimum atomic E-state index is -0.263. The number of fused-ring (bicyclic) bond motifs is 1. The molecule has 0 aliphatic carbocycles. The molecule has 3 N–H and O–H groups in total. The number of hydrazine groups is 1. The molecule has 0 radical (unpaired) electrons. The van der Waals surface area contributed by atoms with Crippen LogP contribution in [-0.2, 0) is 0 Å². The van der Waals surface area contributed by atoms with E-state index < -0.39 is 0 Å². The van der Waals surface area contributed by atoms with Crippen LogP contribution in [0, 0.1) is 0 Å². The number of aromatic nitrogens is 2. The number of hydrogen-bond donors (Lipinski definition) is 2. The fourth-order valence-corrected chi connectivity index (χ4v) is 5.13. The van der Waals surface area contributed by atoms with Gasteiger partial charge in [0.2, 0.25) is 0 Å². The lowest BCUT2D eigenvalue weighted by molar-refractivity contribution is 0.168. The van der Waals surface area contributed by atoms with E-state index in [0.717, 1.165) is 82.5 Å². The Bertz CT molecular complexity index is 783. The first-order valence-corrected chi connectivity index (χ1v) is 11.7. The van der Waals surface area contributed by atoms with E-state index in [1.807, 2.05) is 0 Å². The number of aliphatic imine (C=N–C) groups is 1. The Labute approximate surface area is 183 Å². The standard InChI is InChI=1S/C20H32ClN9/c21-16-19(28-11-5-2-6-12-28)25-18-15(24-16)17(27-9-3-1-4-10-27)26-20(30(18)22)29-13-7-23-8-14-29/h20,23H,1-14,22H2. The van der Waals surface area contributed by atoms with Crippen molar-refractivity contribution in [3.63, 3.8) is 0 Å². The van der Waals surface area contributed by atoms with E-state index in [1.54, 1.807) is 5.01 Å². The molecule has 0 bridgehead atoms. The molecule has 1 atom stereocenters. The number of halogens is 1. The maximum absolute atomic E-state index is 6.66. The normalized spacial score (nSPS) is 25.9. The number of nitrogens with zero attached hydrogens (tertiary/aromatic N) is 7. The van der Waals surface area contributed by atoms with E-state index in [0.29, 0.717) is 11.0 Å². The molecule has 1 unspecified atom stereocenters. The summed E-state index contributed by atoms with van der Waals surface area (Å²) in [5.41, 5.74) is 0.719. The third kappa shape index (κ3) is 3.84. The zero-order valence-electron chi connectivity index (χ0n) is 17.6. The molecule has 0 spiro atoms. The van der Waals surface area contributed by atoms with Crippen LogP contribution in [0.4, 0.5) is 11.6 Å². The number of rotatable bonds is 2. The van der Waals surface area contributed by atoms with Gasteiger partial charge in [-0.15, -0.1) is 0 Å². The number of nitrogens with one attached hydrogen (secondary N) is 1. The maximum atomic E-state index is 6.66. The molecule has 0 saturated carbocycles. The van der Waals surface area contributed by atoms with Gasteiger partial charge in [0.1, 0.15) is 0 Å². The average Bonchev–Trinajstić information content (AvgIpc) is 2.81. The Balaban J connectivity index is 1.55. The molecular weight excluding hydrogens is 402 g/mol. The molecule has 4 aliphatic heterocycles. The third-order valence-corrected chi connectivity index (χ3v) is 6.80. The third-order valence-electron chi connectivity index (χ3n) is 6.55. The molecular formula is C20H32ClN9. The second-order valence-corrected chi connectivity index (χ2v) is 8.96. The second-order valence-electron chi connectivity index (χ2n) is 8.60. The van der Waals surface area contributed by atoms with Gasteiger partial charge in [0, 0.05) is 52.4 Å². The molecule has 1 aromatic heterocycles. The van der Waals surface area contributed by atoms with E-state index >= 15 is 0 Å². The summed E-state index contributed by atoms with van der Waals surface area (Å²) in [5.74, 6) is 8.99. The fraction of sp³-hybridized carbons (Fsp3) is 0.750. The number of piperazine rings is 1. The van der Waals surface area contributed by atoms with Crippen molar-refractivity contribution in [2.24, 2.45) is 10.8 Å². The minimum Gasteiger partial charge on any atom is -0.355 e. The van der Waals surface area contributed by atoms with Crippen LogP contribution < -0.4 is 21.1 Å². The lowest BCUT2D eigenvalue weighted by Crippen LogP contribution is -2.59. The molecule has 5 heterocycles. The molecule has 3 saturated heterocycles. The summed E-state index contributed by atoms with van der Waals surface area (Å²) in [6, 6.07) is 0. The summed E-state index contributed by atoms with van der Waals surface area (Å²) >= 11 is 6.66. The first kappa shape index (κ1) is 20.2. The van der Waals surface area contributed by atoms with Crippen molar-refractivity contribution in [2.75, 3.05) is 62.3 Å². The number of amidine groups is 1. The van der Waals surface area contributed by atoms with Crippen LogP contribution in [0.25, 0.3) is 0 Å². The Hall–Kier alpha value is -1.68. The van der Waals surface area contributed by atoms with Gasteiger partial charge in [-0.25, -0.2) is 20.8 Å². The van der Waals surface area contributed by atoms with Crippen molar-refractivity contribution in [1.29, 1.82) is 0 Å². The van der Waals surface area contributed by atoms with Crippen LogP contribution in [0.1, 0.15) is 44.2 Å². The van der Waals surface area contributed by atoms with Crippen molar-refractivity contribution < 1.29 is 0 Å². The predicted octanol–water partition coefficient (Wildman–Crippen LogP) is 1.24. The van der Waals surface area contributed by atoms with E-state index in [-0.39, 0.29) is 6.29 Å². The van der Waals surface area contributed by atoms with Crippen LogP contribution in [0.15, 0.2) is 4.99 Å². The summed E-state index contributed by atoms with van der Waals surface area (Å²) in [5, 5.41) is 5.56. The summed E-state index contributed by atoms with van der Waals surface area (Å²) in [6.07, 6.45) is 6.92. The lowest BCUT2D eigenvalue weighted by atomic mass is 10.1. The van der Waals surface area contributed by atoms with E-state index in [2.05, 4.69) is 20.0 Å². The molecule has 10 heteroatoms. The van der Waals surface area contributed by atoms with Crippen LogP contribution in [0.2, 0.25) is 5.15 Å². The number of piperidine rings is 2. The monoisotopic (exact) mass is 433 g/mol. The summed E-state index contributed by atoms with van der Waals surface area (Å²) in [6.45, 7) is 7.61. The van der Waals surface area contributed by atoms with Gasteiger partial charge in [-0.3, -0.25) is 9.91 Å². The van der Waals surface area contributed by atoms with E-state index in [1.165, 1.54) is 25.7 Å². The Morgan fingerprint density at radius 1 is 0.800 bits per heavy atom. The predicted molar refractivity (Wildman–Crippen MR) is 120 cm³/mol. The van der Waals surface area contributed by atoms with Crippen molar-refractivity contribution in [1.82, 2.24) is 25.1 Å². The second kappa shape index (κ2) is 8.82. The van der Waals surface area contributed by atoms with Crippen molar-refractivity contribution in [2.45, 2.75) is 44.8 Å². The lowest BCUT2D eigenvalue weighted by Gasteiger charge is -2.42. The highest BCUT2D eigenvalue weighted by atomic mass is 35.5. The van der Waals surface area contributed by atoms with Crippen LogP contribution in [-0.4, -0.2) is 84.3 Å². The molecule has 0 amide bonds. The number of likely N-dealkylation sites (tertiary alicyclic amines) is 1. The van der Waals surface area contributed by atoms with Gasteiger partial charge in [-0.2, -0.15) is 0 Å². The first-order valence-electron chi connectivity index (χ1n) is 11.4. The Kier molecular flexibility index (Phi) is 5.95. The van der Waals surface area contributed by atoms with Gasteiger partial charge < -0.3 is 15.1 Å². The first-order chi connectivity index (χ1) is 14.7. The zero-order valence-corrected chi connectivity index (χ0v) is 18.3. The van der Waals surface area contributed by atoms with Gasteiger partial charge >= 0.3 is 0 Å². The molecule has 3 fully saturated rings. The van der Waals surface area contributed by atoms with Gasteiger partial charge in [0.15, 0.2) is 34.6 Å². The van der Waals surface area contributed by atoms with E-state index in [4.69, 9.17) is 32.4 Å². The van der Waals surface area contributed by atoms with Crippen molar-refractivity contribution >= 4 is 29.1 Å². The minimum absolute atomic E-state index is 0.263. The molecule has 5 rings (SSSR count). The van der Waals surface area contributed by atoms with Crippen molar-refractivity contribution in [3.8, 4) is 0 Å². The topological polar surface area (TPSA) is 89.1 Å². The molecule has 30 heavy (non-hydrogen) atoms. The summed E-state index contributed by atoms with van der Waals surface area (Å²) < 4.78 is 0. The number of nitrogens with two attached hydrogens (primary N) is 1. The smallest absolute Gasteiger partial charge is 0.195 e. The molecule has 1 aromatic rings. The highest BCUT2D eigenvalue weighted by Crippen LogP contribution is 2.33. The summed E-state index contributed by atoms with van der Waals surface area (Å²) in [7, 11) is 0. The Morgan fingerprint density at radius 2 is 1.43 bits per heavy atom. The largest absolute Gasteiger partial charge is 0.355 e. The van der Waals surface area contributed by atoms with Gasteiger partial charge in [0.05, 0.1) is 0 Å². The zero-order chi connectivity index (χ0) is 20.5. The average molecular weight is 434 g/mol. The van der Waals surface area contributed by atoms with Gasteiger partial charge in [0.25, 0.3) is 0 Å². The maximum Gasteiger partial charge on any atom is 0.195 e. The molecule has 4 aliphatic rings. The van der Waals surface area contributed by atoms with Crippen LogP contribution >= 0.6 is 11.6 Å². The van der Waals surface area contributed by atoms with E-state index in [9.17, 15) is 0 Å². The molecule has 0 aromatic carbocycles. The van der Waals surface area contributed by atoms with Gasteiger partial charge in [-0.05, 0) is 38.5 Å². The van der Waals surface area contributed by atoms with Crippen LogP contribution in [0.5, 0.6) is 0 Å². The van der Waals surface area contributed by atoms with Crippen molar-refractivity contribution in [3.05, 3.63) is 10.8 Å². The number of anilines is 2. The number of hydrogen-bond acceptors (Lipinski definition) is 9.